The summed E-state index contributed by atoms with van der Waals surface area (Å²) >= 11 is 6.01. The normalized spacial score (nSPS) is 40.0. The second-order valence-electron chi connectivity index (χ2n) is 13.0. The van der Waals surface area contributed by atoms with Crippen LogP contribution < -0.4 is 0 Å². The van der Waals surface area contributed by atoms with Gasteiger partial charge >= 0.3 is 5.97 Å². The van der Waals surface area contributed by atoms with Gasteiger partial charge in [0.15, 0.2) is 0 Å². The highest BCUT2D eigenvalue weighted by molar-refractivity contribution is 6.21. The maximum atomic E-state index is 12.2. The first-order valence-electron chi connectivity index (χ1n) is 14.8. The van der Waals surface area contributed by atoms with Crippen LogP contribution in [0.2, 0.25) is 0 Å². The highest BCUT2D eigenvalue weighted by Gasteiger charge is 2.58. The van der Waals surface area contributed by atoms with Crippen molar-refractivity contribution in [1.82, 2.24) is 0 Å². The van der Waals surface area contributed by atoms with Crippen LogP contribution in [0.1, 0.15) is 130 Å². The van der Waals surface area contributed by atoms with Gasteiger partial charge in [0.25, 0.3) is 0 Å². The largest absolute Gasteiger partial charge is 0.462 e. The van der Waals surface area contributed by atoms with Gasteiger partial charge in [0, 0.05) is 11.8 Å². The van der Waals surface area contributed by atoms with Crippen molar-refractivity contribution in [2.45, 2.75) is 142 Å². The molecule has 2 nitrogen and oxygen atoms in total. The number of halogens is 1. The Labute approximate surface area is 215 Å². The van der Waals surface area contributed by atoms with Crippen molar-refractivity contribution in [2.75, 3.05) is 0 Å². The molecule has 3 fully saturated rings. The number of alkyl halides is 1. The highest BCUT2D eigenvalue weighted by Crippen LogP contribution is 2.66. The van der Waals surface area contributed by atoms with Crippen LogP contribution in [0.15, 0.2) is 11.6 Å². The van der Waals surface area contributed by atoms with E-state index >= 15 is 0 Å². The van der Waals surface area contributed by atoms with E-state index in [-0.39, 0.29) is 17.5 Å². The average molecular weight is 491 g/mol. The van der Waals surface area contributed by atoms with Gasteiger partial charge in [-0.05, 0) is 92.8 Å². The van der Waals surface area contributed by atoms with Gasteiger partial charge in [-0.1, -0.05) is 70.9 Å². The van der Waals surface area contributed by atoms with Crippen LogP contribution in [-0.2, 0) is 9.53 Å². The quantitative estimate of drug-likeness (QED) is 0.132. The lowest BCUT2D eigenvalue weighted by Gasteiger charge is -2.58. The fourth-order valence-electron chi connectivity index (χ4n) is 8.95. The van der Waals surface area contributed by atoms with Gasteiger partial charge in [0.1, 0.15) is 6.10 Å². The second-order valence-corrected chi connectivity index (χ2v) is 13.7. The van der Waals surface area contributed by atoms with Crippen molar-refractivity contribution in [3.05, 3.63) is 11.6 Å². The predicted octanol–water partition coefficient (Wildman–Crippen LogP) is 9.25. The second kappa shape index (κ2) is 11.3. The Bertz CT molecular complexity index is 729. The summed E-state index contributed by atoms with van der Waals surface area (Å²) in [5, 5.41) is -0.149. The topological polar surface area (TPSA) is 26.3 Å². The van der Waals surface area contributed by atoms with E-state index in [0.29, 0.717) is 17.3 Å². The molecule has 0 aromatic rings. The third-order valence-electron chi connectivity index (χ3n) is 10.9. The van der Waals surface area contributed by atoms with E-state index in [4.69, 9.17) is 16.3 Å². The summed E-state index contributed by atoms with van der Waals surface area (Å²) in [5.41, 5.74) is 2.50. The molecular weight excluding hydrogens is 440 g/mol. The number of carbonyl (C=O) groups is 1. The van der Waals surface area contributed by atoms with Crippen LogP contribution in [0, 0.1) is 34.5 Å². The van der Waals surface area contributed by atoms with Gasteiger partial charge < -0.3 is 4.74 Å². The lowest BCUT2D eigenvalue weighted by Crippen LogP contribution is -2.50. The summed E-state index contributed by atoms with van der Waals surface area (Å²) in [7, 11) is 0. The number of ether oxygens (including phenoxy) is 1. The standard InChI is InChI=1S/C31H51ClO2/c1-5-6-7-8-9-10-11-23-13-15-27-26-14-12-24-21-25(34-29(33)20-22(2)32)16-18-31(24,4)28(26)17-19-30(23,27)3/h12,22-23,25-28H,5-11,13-21H2,1-4H3/t22?,23-,25-,26-,27-,28-,30+,31-/m0/s1. The van der Waals surface area contributed by atoms with Crippen LogP contribution >= 0.6 is 11.6 Å². The lowest BCUT2D eigenvalue weighted by atomic mass is 9.47. The van der Waals surface area contributed by atoms with Crippen molar-refractivity contribution in [2.24, 2.45) is 34.5 Å². The van der Waals surface area contributed by atoms with Crippen LogP contribution in [0.4, 0.5) is 0 Å². The minimum atomic E-state index is -0.149. The molecule has 1 unspecified atom stereocenters. The van der Waals surface area contributed by atoms with Crippen molar-refractivity contribution in [3.8, 4) is 0 Å². The van der Waals surface area contributed by atoms with Crippen LogP contribution in [0.25, 0.3) is 0 Å². The molecule has 3 saturated carbocycles. The highest BCUT2D eigenvalue weighted by atomic mass is 35.5. The number of hydrogen-bond donors (Lipinski definition) is 0. The molecule has 0 aliphatic heterocycles. The zero-order valence-corrected chi connectivity index (χ0v) is 23.3. The molecule has 0 saturated heterocycles. The first-order valence-corrected chi connectivity index (χ1v) is 15.2. The Morgan fingerprint density at radius 3 is 2.59 bits per heavy atom. The first-order chi connectivity index (χ1) is 16.3. The van der Waals surface area contributed by atoms with Gasteiger partial charge in [0.2, 0.25) is 0 Å². The first kappa shape index (κ1) is 26.6. The molecule has 0 aromatic carbocycles. The van der Waals surface area contributed by atoms with Gasteiger partial charge in [-0.25, -0.2) is 0 Å². The van der Waals surface area contributed by atoms with Crippen molar-refractivity contribution < 1.29 is 9.53 Å². The molecule has 8 atom stereocenters. The molecule has 0 N–H and O–H groups in total. The van der Waals surface area contributed by atoms with Crippen LogP contribution in [-0.4, -0.2) is 17.5 Å². The van der Waals surface area contributed by atoms with Gasteiger partial charge in [-0.3, -0.25) is 4.79 Å². The van der Waals surface area contributed by atoms with Crippen LogP contribution in [0.3, 0.4) is 0 Å². The van der Waals surface area contributed by atoms with Gasteiger partial charge in [-0.2, -0.15) is 0 Å². The van der Waals surface area contributed by atoms with E-state index in [0.717, 1.165) is 36.5 Å². The summed E-state index contributed by atoms with van der Waals surface area (Å²) < 4.78 is 5.84. The maximum absolute atomic E-state index is 12.2. The lowest BCUT2D eigenvalue weighted by molar-refractivity contribution is -0.151. The van der Waals surface area contributed by atoms with Crippen molar-refractivity contribution >= 4 is 17.6 Å². The van der Waals surface area contributed by atoms with E-state index < -0.39 is 0 Å². The van der Waals surface area contributed by atoms with Gasteiger partial charge in [0.05, 0.1) is 6.42 Å². The molecular formula is C31H51ClO2. The third kappa shape index (κ3) is 5.42. The average Bonchev–Trinajstić information content (AvgIpc) is 3.12. The van der Waals surface area contributed by atoms with Crippen molar-refractivity contribution in [1.29, 1.82) is 0 Å². The summed E-state index contributed by atoms with van der Waals surface area (Å²) in [5.74, 6) is 3.46. The molecule has 4 aliphatic carbocycles. The molecule has 0 radical (unpaired) electrons. The van der Waals surface area contributed by atoms with E-state index in [1.54, 1.807) is 5.57 Å². The zero-order valence-electron chi connectivity index (χ0n) is 22.5. The number of hydrogen-bond acceptors (Lipinski definition) is 2. The molecule has 0 spiro atoms. The molecule has 0 bridgehead atoms. The summed E-state index contributed by atoms with van der Waals surface area (Å²) in [4.78, 5) is 12.2. The number of carbonyl (C=O) groups excluding carboxylic acids is 1. The molecule has 0 heterocycles. The Morgan fingerprint density at radius 1 is 1.06 bits per heavy atom. The molecule has 4 rings (SSSR count). The van der Waals surface area contributed by atoms with Crippen LogP contribution in [0.5, 0.6) is 0 Å². The minimum Gasteiger partial charge on any atom is -0.462 e. The molecule has 194 valence electrons. The Balaban J connectivity index is 1.36. The monoisotopic (exact) mass is 490 g/mol. The number of rotatable bonds is 10. The summed E-state index contributed by atoms with van der Waals surface area (Å²) in [6.45, 7) is 9.41. The number of allylic oxidation sites excluding steroid dienone is 1. The number of esters is 1. The number of fused-ring (bicyclic) bond motifs is 5. The molecule has 3 heteroatoms. The fourth-order valence-corrected chi connectivity index (χ4v) is 9.07. The maximum Gasteiger partial charge on any atom is 0.307 e. The summed E-state index contributed by atoms with van der Waals surface area (Å²) in [6, 6.07) is 0. The Kier molecular flexibility index (Phi) is 8.80. The third-order valence-corrected chi connectivity index (χ3v) is 11.1. The fraction of sp³-hybridized carbons (Fsp3) is 0.903. The Morgan fingerprint density at radius 2 is 1.82 bits per heavy atom. The molecule has 4 aliphatic rings. The smallest absolute Gasteiger partial charge is 0.307 e. The van der Waals surface area contributed by atoms with E-state index in [2.05, 4.69) is 26.8 Å². The van der Waals surface area contributed by atoms with Crippen molar-refractivity contribution in [3.63, 3.8) is 0 Å². The molecule has 0 aromatic heterocycles. The van der Waals surface area contributed by atoms with E-state index in [1.807, 2.05) is 6.92 Å². The Hall–Kier alpha value is -0.500. The molecule has 34 heavy (non-hydrogen) atoms. The van der Waals surface area contributed by atoms with Gasteiger partial charge in [-0.15, -0.1) is 11.6 Å². The summed E-state index contributed by atoms with van der Waals surface area (Å²) in [6.07, 6.45) is 23.2. The SMILES string of the molecule is CCCCCCCC[C@H]1CC[C@H]2[C@@H]3CC=C4C[C@@H](OC(=O)CC(C)Cl)CC[C@]4(C)[C@H]3CC[C@]12C. The zero-order chi connectivity index (χ0) is 24.3. The number of unbranched alkanes of at least 4 members (excludes halogenated alkanes) is 5. The van der Waals surface area contributed by atoms with E-state index in [1.165, 1.54) is 83.5 Å². The molecule has 0 amide bonds. The minimum absolute atomic E-state index is 0.0563. The predicted molar refractivity (Wildman–Crippen MR) is 143 cm³/mol. The van der Waals surface area contributed by atoms with E-state index in [9.17, 15) is 4.79 Å².